The van der Waals surface area contributed by atoms with Gasteiger partial charge >= 0.3 is 5.97 Å². The molecule has 7 heteroatoms. The fraction of sp³-hybridized carbons (Fsp3) is 0.333. The number of aromatic nitrogens is 1. The van der Waals surface area contributed by atoms with Crippen molar-refractivity contribution >= 4 is 21.4 Å². The molecule has 1 fully saturated rings. The number of hydrogen-bond acceptors (Lipinski definition) is 6. The van der Waals surface area contributed by atoms with Crippen molar-refractivity contribution in [2.45, 2.75) is 43.1 Å². The minimum absolute atomic E-state index is 0.0951. The van der Waals surface area contributed by atoms with Gasteiger partial charge in [-0.2, -0.15) is 0 Å². The zero-order valence-electron chi connectivity index (χ0n) is 15.9. The predicted molar refractivity (Wildman–Crippen MR) is 103 cm³/mol. The summed E-state index contributed by atoms with van der Waals surface area (Å²) in [6.07, 6.45) is 4.95. The van der Waals surface area contributed by atoms with Crippen molar-refractivity contribution in [3.8, 4) is 5.88 Å². The van der Waals surface area contributed by atoms with Gasteiger partial charge in [0.1, 0.15) is 5.60 Å². The molecule has 1 aromatic carbocycles. The van der Waals surface area contributed by atoms with Crippen molar-refractivity contribution in [1.29, 1.82) is 0 Å². The maximum absolute atomic E-state index is 12.6. The van der Waals surface area contributed by atoms with E-state index < -0.39 is 21.4 Å². The molecule has 6 nitrogen and oxygen atoms in total. The molecule has 146 valence electrons. The molecule has 0 radical (unpaired) electrons. The normalized spacial score (nSPS) is 18.9. The van der Waals surface area contributed by atoms with Gasteiger partial charge < -0.3 is 9.47 Å². The number of hydrogen-bond donors (Lipinski definition) is 0. The highest BCUT2D eigenvalue weighted by Crippen LogP contribution is 2.45. The Bertz CT molecular complexity index is 1080. The second-order valence-corrected chi connectivity index (χ2v) is 9.69. The zero-order valence-corrected chi connectivity index (χ0v) is 16.7. The highest BCUT2D eigenvalue weighted by molar-refractivity contribution is 7.90. The fourth-order valence-electron chi connectivity index (χ4n) is 3.44. The van der Waals surface area contributed by atoms with Crippen LogP contribution in [0, 0.1) is 0 Å². The number of benzene rings is 1. The molecule has 2 aliphatic rings. The van der Waals surface area contributed by atoms with E-state index in [1.54, 1.807) is 32.2 Å². The van der Waals surface area contributed by atoms with Gasteiger partial charge in [-0.25, -0.2) is 18.2 Å². The third-order valence-electron chi connectivity index (χ3n) is 4.95. The van der Waals surface area contributed by atoms with Crippen molar-refractivity contribution in [3.05, 3.63) is 59.5 Å². The van der Waals surface area contributed by atoms with Crippen LogP contribution in [-0.2, 0) is 19.4 Å². The minimum atomic E-state index is -3.31. The SMILES string of the molecule is CC1(C)OC(=O)C(Oc2ncccc2C2CC2)=C1c1ccc(S(C)(=O)=O)cc1. The second kappa shape index (κ2) is 6.44. The molecule has 0 atom stereocenters. The fourth-order valence-corrected chi connectivity index (χ4v) is 4.07. The second-order valence-electron chi connectivity index (χ2n) is 7.67. The lowest BCUT2D eigenvalue weighted by Crippen LogP contribution is -2.22. The van der Waals surface area contributed by atoms with E-state index in [1.807, 2.05) is 12.1 Å². The molecule has 0 spiro atoms. The Labute approximate surface area is 164 Å². The minimum Gasteiger partial charge on any atom is -0.449 e. The maximum Gasteiger partial charge on any atom is 0.375 e. The van der Waals surface area contributed by atoms with Gasteiger partial charge in [0.2, 0.25) is 11.6 Å². The molecular formula is C21H21NO5S. The highest BCUT2D eigenvalue weighted by atomic mass is 32.2. The van der Waals surface area contributed by atoms with Crippen LogP contribution in [0.3, 0.4) is 0 Å². The third-order valence-corrected chi connectivity index (χ3v) is 6.08. The molecule has 0 unspecified atom stereocenters. The van der Waals surface area contributed by atoms with Gasteiger partial charge in [0, 0.05) is 18.0 Å². The highest BCUT2D eigenvalue weighted by Gasteiger charge is 2.43. The summed E-state index contributed by atoms with van der Waals surface area (Å²) in [6.45, 7) is 3.56. The number of pyridine rings is 1. The van der Waals surface area contributed by atoms with Crippen molar-refractivity contribution in [3.63, 3.8) is 0 Å². The van der Waals surface area contributed by atoms with Crippen LogP contribution in [0.15, 0.2) is 53.2 Å². The van der Waals surface area contributed by atoms with Gasteiger partial charge in [0.05, 0.1) is 10.5 Å². The van der Waals surface area contributed by atoms with Crippen LogP contribution in [0.4, 0.5) is 0 Å². The van der Waals surface area contributed by atoms with Gasteiger partial charge in [-0.05, 0) is 56.4 Å². The van der Waals surface area contributed by atoms with Crippen molar-refractivity contribution < 1.29 is 22.7 Å². The summed E-state index contributed by atoms with van der Waals surface area (Å²) in [5, 5.41) is 0. The Hall–Kier alpha value is -2.67. The van der Waals surface area contributed by atoms with E-state index in [0.717, 1.165) is 24.7 Å². The number of carbonyl (C=O) groups is 1. The summed E-state index contributed by atoms with van der Waals surface area (Å²) >= 11 is 0. The molecule has 1 aromatic heterocycles. The average Bonchev–Trinajstić information content (AvgIpc) is 3.42. The summed E-state index contributed by atoms with van der Waals surface area (Å²) in [6, 6.07) is 10.2. The van der Waals surface area contributed by atoms with Gasteiger partial charge in [0.25, 0.3) is 0 Å². The van der Waals surface area contributed by atoms with Crippen LogP contribution < -0.4 is 4.74 Å². The first-order valence-electron chi connectivity index (χ1n) is 9.08. The van der Waals surface area contributed by atoms with E-state index in [-0.39, 0.29) is 10.7 Å². The van der Waals surface area contributed by atoms with Crippen molar-refractivity contribution in [2.24, 2.45) is 0 Å². The van der Waals surface area contributed by atoms with E-state index >= 15 is 0 Å². The Morgan fingerprint density at radius 3 is 2.43 bits per heavy atom. The van der Waals surface area contributed by atoms with Crippen LogP contribution in [0.2, 0.25) is 0 Å². The van der Waals surface area contributed by atoms with E-state index in [2.05, 4.69) is 4.98 Å². The molecule has 4 rings (SSSR count). The molecular weight excluding hydrogens is 378 g/mol. The first-order chi connectivity index (χ1) is 13.2. The molecule has 1 saturated carbocycles. The summed E-state index contributed by atoms with van der Waals surface area (Å²) in [5.41, 5.74) is 1.32. The Kier molecular flexibility index (Phi) is 4.30. The monoisotopic (exact) mass is 399 g/mol. The van der Waals surface area contributed by atoms with Gasteiger partial charge in [0.15, 0.2) is 9.84 Å². The molecule has 2 aromatic rings. The number of ether oxygens (including phenoxy) is 2. The number of esters is 1. The molecule has 28 heavy (non-hydrogen) atoms. The maximum atomic E-state index is 12.6. The molecule has 0 bridgehead atoms. The average molecular weight is 399 g/mol. The van der Waals surface area contributed by atoms with Crippen LogP contribution in [0.5, 0.6) is 5.88 Å². The number of carbonyl (C=O) groups excluding carboxylic acids is 1. The first-order valence-corrected chi connectivity index (χ1v) is 11.0. The molecule has 0 N–H and O–H groups in total. The Morgan fingerprint density at radius 1 is 1.14 bits per heavy atom. The largest absolute Gasteiger partial charge is 0.449 e. The summed E-state index contributed by atoms with van der Waals surface area (Å²) < 4.78 is 35.0. The van der Waals surface area contributed by atoms with E-state index in [4.69, 9.17) is 9.47 Å². The summed E-state index contributed by atoms with van der Waals surface area (Å²) in [4.78, 5) is 17.1. The predicted octanol–water partition coefficient (Wildman–Crippen LogP) is 3.49. The Morgan fingerprint density at radius 2 is 1.82 bits per heavy atom. The van der Waals surface area contributed by atoms with Gasteiger partial charge in [-0.15, -0.1) is 0 Å². The van der Waals surface area contributed by atoms with Crippen LogP contribution in [-0.4, -0.2) is 31.2 Å². The molecule has 1 aliphatic carbocycles. The van der Waals surface area contributed by atoms with E-state index in [0.29, 0.717) is 22.9 Å². The lowest BCUT2D eigenvalue weighted by molar-refractivity contribution is -0.145. The smallest absolute Gasteiger partial charge is 0.375 e. The first kappa shape index (κ1) is 18.7. The van der Waals surface area contributed by atoms with Crippen LogP contribution in [0.25, 0.3) is 5.57 Å². The molecule has 0 saturated heterocycles. The van der Waals surface area contributed by atoms with Crippen molar-refractivity contribution in [1.82, 2.24) is 4.98 Å². The quantitative estimate of drug-likeness (QED) is 0.716. The summed E-state index contributed by atoms with van der Waals surface area (Å²) in [5.74, 6) is 0.365. The third kappa shape index (κ3) is 3.42. The van der Waals surface area contributed by atoms with Crippen LogP contribution in [0.1, 0.15) is 43.7 Å². The summed E-state index contributed by atoms with van der Waals surface area (Å²) in [7, 11) is -3.31. The number of rotatable bonds is 5. The van der Waals surface area contributed by atoms with Crippen molar-refractivity contribution in [2.75, 3.05) is 6.26 Å². The standard InChI is InChI=1S/C21H21NO5S/c1-21(2)17(14-8-10-15(11-9-14)28(3,24)25)18(20(23)27-21)26-19-16(13-6-7-13)5-4-12-22-19/h4-5,8-13H,6-7H2,1-3H3. The topological polar surface area (TPSA) is 82.6 Å². The van der Waals surface area contributed by atoms with E-state index in [9.17, 15) is 13.2 Å². The molecule has 0 amide bonds. The number of nitrogens with zero attached hydrogens (tertiary/aromatic N) is 1. The van der Waals surface area contributed by atoms with Gasteiger partial charge in [-0.1, -0.05) is 18.2 Å². The van der Waals surface area contributed by atoms with E-state index in [1.165, 1.54) is 12.1 Å². The van der Waals surface area contributed by atoms with Crippen LogP contribution >= 0.6 is 0 Å². The van der Waals surface area contributed by atoms with Gasteiger partial charge in [-0.3, -0.25) is 0 Å². The zero-order chi connectivity index (χ0) is 20.1. The lowest BCUT2D eigenvalue weighted by Gasteiger charge is -2.21. The lowest BCUT2D eigenvalue weighted by atomic mass is 9.92. The number of sulfone groups is 1. The Balaban J connectivity index is 1.79. The molecule has 1 aliphatic heterocycles. The number of cyclic esters (lactones) is 1. The molecule has 2 heterocycles.